The number of nitrogens with one attached hydrogen (secondary N) is 1. The average molecular weight is 348 g/mol. The highest BCUT2D eigenvalue weighted by molar-refractivity contribution is 6.30. The molecule has 1 fully saturated rings. The molecule has 24 heavy (non-hydrogen) atoms. The van der Waals surface area contributed by atoms with E-state index in [-0.39, 0.29) is 24.4 Å². The van der Waals surface area contributed by atoms with Crippen molar-refractivity contribution in [2.45, 2.75) is 25.8 Å². The summed E-state index contributed by atoms with van der Waals surface area (Å²) in [7, 11) is 0. The third-order valence-electron chi connectivity index (χ3n) is 4.60. The van der Waals surface area contributed by atoms with Crippen molar-refractivity contribution in [1.82, 2.24) is 5.32 Å². The van der Waals surface area contributed by atoms with Crippen LogP contribution in [0.2, 0.25) is 5.02 Å². The maximum Gasteiger partial charge on any atom is 0.228 e. The highest BCUT2D eigenvalue weighted by atomic mass is 35.5. The summed E-state index contributed by atoms with van der Waals surface area (Å²) in [5.74, 6) is -0.415. The third kappa shape index (κ3) is 3.30. The molecule has 3 nitrogen and oxygen atoms in total. The summed E-state index contributed by atoms with van der Waals surface area (Å²) in [5.41, 5.74) is 1.58. The van der Waals surface area contributed by atoms with Gasteiger partial charge >= 0.3 is 0 Å². The number of hydrogen-bond acceptors (Lipinski definition) is 2. The molecule has 5 heteroatoms. The zero-order valence-electron chi connectivity index (χ0n) is 13.4. The smallest absolute Gasteiger partial charge is 0.228 e. The summed E-state index contributed by atoms with van der Waals surface area (Å²) in [4.78, 5) is 11.9. The van der Waals surface area contributed by atoms with E-state index in [0.29, 0.717) is 23.4 Å². The van der Waals surface area contributed by atoms with Crippen molar-refractivity contribution >= 4 is 17.5 Å². The predicted molar refractivity (Wildman–Crippen MR) is 92.3 cm³/mol. The van der Waals surface area contributed by atoms with Crippen molar-refractivity contribution in [2.24, 2.45) is 5.41 Å². The SMILES string of the molecule is C[C@]1(CO)C[C@@H](Cc2ccc(-c3cc(Cl)ccc3F)cc2)NC1=O. The minimum Gasteiger partial charge on any atom is -0.395 e. The van der Waals surface area contributed by atoms with Crippen LogP contribution in [0.15, 0.2) is 42.5 Å². The molecular formula is C19H19ClFNO2. The summed E-state index contributed by atoms with van der Waals surface area (Å²) in [6.07, 6.45) is 1.28. The minimum absolute atomic E-state index is 0.00315. The first kappa shape index (κ1) is 16.9. The Hall–Kier alpha value is -1.91. The predicted octanol–water partition coefficient (Wildman–Crippen LogP) is 3.58. The monoisotopic (exact) mass is 347 g/mol. The zero-order chi connectivity index (χ0) is 17.3. The fourth-order valence-electron chi connectivity index (χ4n) is 3.13. The largest absolute Gasteiger partial charge is 0.395 e. The Labute approximate surface area is 145 Å². The van der Waals surface area contributed by atoms with Gasteiger partial charge in [-0.2, -0.15) is 0 Å². The Morgan fingerprint density at radius 3 is 2.62 bits per heavy atom. The van der Waals surface area contributed by atoms with Gasteiger partial charge in [0.05, 0.1) is 12.0 Å². The van der Waals surface area contributed by atoms with E-state index in [1.807, 2.05) is 24.3 Å². The van der Waals surface area contributed by atoms with Crippen LogP contribution in [0, 0.1) is 11.2 Å². The summed E-state index contributed by atoms with van der Waals surface area (Å²) in [5, 5.41) is 12.8. The second-order valence-corrected chi connectivity index (χ2v) is 7.05. The number of aliphatic hydroxyl groups excluding tert-OH is 1. The van der Waals surface area contributed by atoms with E-state index in [0.717, 1.165) is 11.1 Å². The molecule has 0 spiro atoms. The molecule has 0 saturated carbocycles. The highest BCUT2D eigenvalue weighted by Crippen LogP contribution is 2.31. The lowest BCUT2D eigenvalue weighted by atomic mass is 9.87. The van der Waals surface area contributed by atoms with Gasteiger partial charge in [-0.15, -0.1) is 0 Å². The quantitative estimate of drug-likeness (QED) is 0.888. The van der Waals surface area contributed by atoms with E-state index in [2.05, 4.69) is 5.32 Å². The van der Waals surface area contributed by atoms with Crippen LogP contribution in [-0.2, 0) is 11.2 Å². The van der Waals surface area contributed by atoms with Crippen LogP contribution < -0.4 is 5.32 Å². The van der Waals surface area contributed by atoms with Gasteiger partial charge in [0.2, 0.25) is 5.91 Å². The molecule has 126 valence electrons. The van der Waals surface area contributed by atoms with Crippen LogP contribution in [0.1, 0.15) is 18.9 Å². The summed E-state index contributed by atoms with van der Waals surface area (Å²) in [6.45, 7) is 1.62. The summed E-state index contributed by atoms with van der Waals surface area (Å²) >= 11 is 5.94. The fraction of sp³-hybridized carbons (Fsp3) is 0.316. The molecule has 2 aromatic rings. The van der Waals surface area contributed by atoms with Crippen molar-refractivity contribution in [3.8, 4) is 11.1 Å². The molecule has 0 radical (unpaired) electrons. The molecule has 1 aliphatic heterocycles. The normalized spacial score (nSPS) is 23.3. The van der Waals surface area contributed by atoms with E-state index >= 15 is 0 Å². The molecule has 2 N–H and O–H groups in total. The van der Waals surface area contributed by atoms with Gasteiger partial charge in [0.25, 0.3) is 0 Å². The fourth-order valence-corrected chi connectivity index (χ4v) is 3.30. The van der Waals surface area contributed by atoms with Crippen LogP contribution in [-0.4, -0.2) is 23.7 Å². The number of amides is 1. The first-order chi connectivity index (χ1) is 11.4. The lowest BCUT2D eigenvalue weighted by Gasteiger charge is -2.16. The van der Waals surface area contributed by atoms with Crippen LogP contribution in [0.4, 0.5) is 4.39 Å². The van der Waals surface area contributed by atoms with E-state index in [4.69, 9.17) is 11.6 Å². The molecule has 2 atom stereocenters. The van der Waals surface area contributed by atoms with E-state index in [1.165, 1.54) is 12.1 Å². The molecule has 1 amide bonds. The lowest BCUT2D eigenvalue weighted by Crippen LogP contribution is -2.32. The number of hydrogen-bond donors (Lipinski definition) is 2. The van der Waals surface area contributed by atoms with Gasteiger partial charge in [-0.05, 0) is 49.1 Å². The van der Waals surface area contributed by atoms with Gasteiger partial charge in [-0.1, -0.05) is 35.9 Å². The van der Waals surface area contributed by atoms with Gasteiger partial charge < -0.3 is 10.4 Å². The molecule has 1 aliphatic rings. The van der Waals surface area contributed by atoms with Crippen LogP contribution in [0.25, 0.3) is 11.1 Å². The number of benzene rings is 2. The van der Waals surface area contributed by atoms with Gasteiger partial charge in [-0.25, -0.2) is 4.39 Å². The molecular weight excluding hydrogens is 329 g/mol. The minimum atomic E-state index is -0.700. The van der Waals surface area contributed by atoms with Gasteiger partial charge in [0.1, 0.15) is 5.82 Å². The van der Waals surface area contributed by atoms with Gasteiger partial charge in [0, 0.05) is 16.6 Å². The molecule has 0 aromatic heterocycles. The Morgan fingerprint density at radius 2 is 2.00 bits per heavy atom. The molecule has 3 rings (SSSR count). The first-order valence-corrected chi connectivity index (χ1v) is 8.25. The van der Waals surface area contributed by atoms with Gasteiger partial charge in [0.15, 0.2) is 0 Å². The van der Waals surface area contributed by atoms with Crippen molar-refractivity contribution in [3.63, 3.8) is 0 Å². The Balaban J connectivity index is 1.74. The number of halogens is 2. The summed E-state index contributed by atoms with van der Waals surface area (Å²) < 4.78 is 13.9. The van der Waals surface area contributed by atoms with E-state index in [9.17, 15) is 14.3 Å². The second-order valence-electron chi connectivity index (χ2n) is 6.62. The Kier molecular flexibility index (Phi) is 4.61. The molecule has 1 saturated heterocycles. The number of aliphatic hydroxyl groups is 1. The molecule has 0 unspecified atom stereocenters. The topological polar surface area (TPSA) is 49.3 Å². The van der Waals surface area contributed by atoms with Gasteiger partial charge in [-0.3, -0.25) is 4.79 Å². The van der Waals surface area contributed by atoms with Crippen LogP contribution in [0.3, 0.4) is 0 Å². The van der Waals surface area contributed by atoms with Crippen molar-refractivity contribution in [2.75, 3.05) is 6.61 Å². The Morgan fingerprint density at radius 1 is 1.29 bits per heavy atom. The summed E-state index contributed by atoms with van der Waals surface area (Å²) in [6, 6.07) is 12.1. The molecule has 0 bridgehead atoms. The Bertz CT molecular complexity index is 762. The first-order valence-electron chi connectivity index (χ1n) is 7.87. The third-order valence-corrected chi connectivity index (χ3v) is 4.84. The lowest BCUT2D eigenvalue weighted by molar-refractivity contribution is -0.128. The number of carbonyl (C=O) groups is 1. The zero-order valence-corrected chi connectivity index (χ0v) is 14.1. The maximum atomic E-state index is 13.9. The van der Waals surface area contributed by atoms with Crippen molar-refractivity contribution in [3.05, 3.63) is 58.9 Å². The average Bonchev–Trinajstić information content (AvgIpc) is 2.85. The van der Waals surface area contributed by atoms with Crippen molar-refractivity contribution in [1.29, 1.82) is 0 Å². The van der Waals surface area contributed by atoms with E-state index in [1.54, 1.807) is 13.0 Å². The standard InChI is InChI=1S/C19H19ClFNO2/c1-19(11-23)10-15(22-18(19)24)8-12-2-4-13(5-3-12)16-9-14(20)6-7-17(16)21/h2-7,9,15,23H,8,10-11H2,1H3,(H,22,24)/t15-,19-/m1/s1. The molecule has 1 heterocycles. The maximum absolute atomic E-state index is 13.9. The molecule has 0 aliphatic carbocycles. The second kappa shape index (κ2) is 6.54. The number of rotatable bonds is 4. The molecule has 2 aromatic carbocycles. The highest BCUT2D eigenvalue weighted by Gasteiger charge is 2.42. The number of carbonyl (C=O) groups excluding carboxylic acids is 1. The van der Waals surface area contributed by atoms with Crippen LogP contribution in [0.5, 0.6) is 0 Å². The van der Waals surface area contributed by atoms with Crippen LogP contribution >= 0.6 is 11.6 Å². The van der Waals surface area contributed by atoms with E-state index < -0.39 is 5.41 Å². The van der Waals surface area contributed by atoms with Crippen molar-refractivity contribution < 1.29 is 14.3 Å².